The van der Waals surface area contributed by atoms with E-state index >= 15 is 0 Å². The van der Waals surface area contributed by atoms with Gasteiger partial charge in [0.05, 0.1) is 23.2 Å². The molecule has 0 aliphatic heterocycles. The van der Waals surface area contributed by atoms with Crippen LogP contribution in [0.1, 0.15) is 29.7 Å². The van der Waals surface area contributed by atoms with E-state index in [0.717, 1.165) is 48.2 Å². The summed E-state index contributed by atoms with van der Waals surface area (Å²) in [6.45, 7) is 1.89. The van der Waals surface area contributed by atoms with Crippen LogP contribution in [0.3, 0.4) is 0 Å². The molecule has 0 unspecified atom stereocenters. The molecule has 1 aliphatic rings. The second kappa shape index (κ2) is 6.77. The Kier molecular flexibility index (Phi) is 4.74. The van der Waals surface area contributed by atoms with Gasteiger partial charge in [0.2, 0.25) is 0 Å². The second-order valence-electron chi connectivity index (χ2n) is 5.50. The van der Waals surface area contributed by atoms with Crippen molar-refractivity contribution in [3.8, 4) is 11.8 Å². The molecule has 4 nitrogen and oxygen atoms in total. The predicted octanol–water partition coefficient (Wildman–Crippen LogP) is 3.69. The zero-order valence-corrected chi connectivity index (χ0v) is 14.4. The maximum atomic E-state index is 13.0. The van der Waals surface area contributed by atoms with Gasteiger partial charge < -0.3 is 0 Å². The maximum Gasteiger partial charge on any atom is 0.262 e. The molecular formula is C17H16ClN3OS. The van der Waals surface area contributed by atoms with E-state index in [9.17, 15) is 4.79 Å². The molecule has 118 valence electrons. The van der Waals surface area contributed by atoms with E-state index in [2.05, 4.69) is 6.07 Å². The number of hydrogen-bond donors (Lipinski definition) is 0. The Hall–Kier alpha value is -1.77. The summed E-state index contributed by atoms with van der Waals surface area (Å²) in [5.41, 5.74) is 3.24. The third-order valence-corrected chi connectivity index (χ3v) is 5.28. The van der Waals surface area contributed by atoms with Crippen LogP contribution in [-0.4, -0.2) is 15.3 Å². The minimum absolute atomic E-state index is 0.0273. The van der Waals surface area contributed by atoms with Crippen LogP contribution in [0.5, 0.6) is 0 Å². The van der Waals surface area contributed by atoms with Crippen molar-refractivity contribution in [3.05, 3.63) is 50.4 Å². The summed E-state index contributed by atoms with van der Waals surface area (Å²) in [5, 5.41) is 10.1. The van der Waals surface area contributed by atoms with Crippen LogP contribution in [0.2, 0.25) is 5.02 Å². The molecule has 0 fully saturated rings. The van der Waals surface area contributed by atoms with Crippen molar-refractivity contribution in [2.24, 2.45) is 0 Å². The summed E-state index contributed by atoms with van der Waals surface area (Å²) in [6, 6.07) is 7.61. The molecule has 1 aliphatic carbocycles. The highest BCUT2D eigenvalue weighted by atomic mass is 35.5. The van der Waals surface area contributed by atoms with Gasteiger partial charge in [-0.05, 0) is 50.3 Å². The Morgan fingerprint density at radius 3 is 2.96 bits per heavy atom. The van der Waals surface area contributed by atoms with Crippen molar-refractivity contribution in [2.75, 3.05) is 5.75 Å². The fourth-order valence-corrected chi connectivity index (χ4v) is 3.72. The summed E-state index contributed by atoms with van der Waals surface area (Å²) in [4.78, 5) is 17.7. The van der Waals surface area contributed by atoms with Crippen molar-refractivity contribution in [1.29, 1.82) is 5.26 Å². The van der Waals surface area contributed by atoms with Crippen molar-refractivity contribution in [3.63, 3.8) is 0 Å². The third kappa shape index (κ3) is 3.01. The van der Waals surface area contributed by atoms with Gasteiger partial charge in [-0.25, -0.2) is 4.98 Å². The fraction of sp³-hybridized carbons (Fsp3) is 0.353. The van der Waals surface area contributed by atoms with Gasteiger partial charge >= 0.3 is 0 Å². The van der Waals surface area contributed by atoms with Crippen LogP contribution in [0.25, 0.3) is 5.69 Å². The first-order chi connectivity index (χ1) is 11.1. The number of benzene rings is 1. The maximum absolute atomic E-state index is 13.0. The van der Waals surface area contributed by atoms with Crippen LogP contribution in [-0.2, 0) is 12.8 Å². The minimum atomic E-state index is -0.0273. The summed E-state index contributed by atoms with van der Waals surface area (Å²) in [5.74, 6) is 0.255. The molecule has 0 radical (unpaired) electrons. The molecule has 0 amide bonds. The molecule has 23 heavy (non-hydrogen) atoms. The first-order valence-corrected chi connectivity index (χ1v) is 8.90. The second-order valence-corrected chi connectivity index (χ2v) is 6.85. The molecule has 6 heteroatoms. The highest BCUT2D eigenvalue weighted by molar-refractivity contribution is 7.99. The zero-order valence-electron chi connectivity index (χ0n) is 12.8. The number of nitriles is 1. The van der Waals surface area contributed by atoms with Gasteiger partial charge in [-0.2, -0.15) is 5.26 Å². The SMILES string of the molecule is Cc1c(Cl)cccc1-n1c(SCC#N)nc2c(c1=O)CCCC2. The summed E-state index contributed by atoms with van der Waals surface area (Å²) in [7, 11) is 0. The van der Waals surface area contributed by atoms with Crippen LogP contribution in [0.4, 0.5) is 0 Å². The highest BCUT2D eigenvalue weighted by Gasteiger charge is 2.21. The van der Waals surface area contributed by atoms with Gasteiger partial charge in [-0.15, -0.1) is 0 Å². The van der Waals surface area contributed by atoms with E-state index in [1.807, 2.05) is 19.1 Å². The highest BCUT2D eigenvalue weighted by Crippen LogP contribution is 2.27. The first kappa shape index (κ1) is 16.1. The van der Waals surface area contributed by atoms with Gasteiger partial charge in [0.25, 0.3) is 5.56 Å². The molecule has 0 saturated heterocycles. The lowest BCUT2D eigenvalue weighted by molar-refractivity contribution is 0.622. The van der Waals surface area contributed by atoms with E-state index in [-0.39, 0.29) is 11.3 Å². The fourth-order valence-electron chi connectivity index (χ4n) is 2.87. The van der Waals surface area contributed by atoms with Crippen LogP contribution in [0, 0.1) is 18.3 Å². The number of aryl methyl sites for hydroxylation is 1. The number of fused-ring (bicyclic) bond motifs is 1. The van der Waals surface area contributed by atoms with Crippen LogP contribution >= 0.6 is 23.4 Å². The topological polar surface area (TPSA) is 58.7 Å². The monoisotopic (exact) mass is 345 g/mol. The first-order valence-electron chi connectivity index (χ1n) is 7.53. The van der Waals surface area contributed by atoms with Crippen LogP contribution < -0.4 is 5.56 Å². The number of hydrogen-bond acceptors (Lipinski definition) is 4. The molecular weight excluding hydrogens is 330 g/mol. The van der Waals surface area contributed by atoms with E-state index < -0.39 is 0 Å². The predicted molar refractivity (Wildman–Crippen MR) is 92.6 cm³/mol. The molecule has 0 saturated carbocycles. The number of thioether (sulfide) groups is 1. The Labute approximate surface area is 144 Å². The summed E-state index contributed by atoms with van der Waals surface area (Å²) >= 11 is 7.51. The molecule has 0 spiro atoms. The van der Waals surface area contributed by atoms with E-state index in [4.69, 9.17) is 21.8 Å². The zero-order chi connectivity index (χ0) is 16.4. The molecule has 3 rings (SSSR count). The van der Waals surface area contributed by atoms with Gasteiger partial charge in [0.15, 0.2) is 5.16 Å². The Bertz CT molecular complexity index is 854. The van der Waals surface area contributed by atoms with Gasteiger partial charge in [-0.3, -0.25) is 9.36 Å². The molecule has 0 bridgehead atoms. The number of nitrogens with zero attached hydrogens (tertiary/aromatic N) is 3. The number of rotatable bonds is 3. The largest absolute Gasteiger partial charge is 0.269 e. The standard InChI is InChI=1S/C17H16ClN3OS/c1-11-13(18)6-4-8-15(11)21-16(22)12-5-2-3-7-14(12)20-17(21)23-10-9-19/h4,6,8H,2-3,5,7,10H2,1H3. The molecule has 1 heterocycles. The van der Waals surface area contributed by atoms with E-state index in [1.165, 1.54) is 11.8 Å². The quantitative estimate of drug-likeness (QED) is 0.628. The molecule has 0 atom stereocenters. The van der Waals surface area contributed by atoms with Gasteiger partial charge in [0, 0.05) is 10.6 Å². The summed E-state index contributed by atoms with van der Waals surface area (Å²) < 4.78 is 1.62. The van der Waals surface area contributed by atoms with Crippen LogP contribution in [0.15, 0.2) is 28.2 Å². The van der Waals surface area contributed by atoms with Gasteiger partial charge in [-0.1, -0.05) is 29.4 Å². The van der Waals surface area contributed by atoms with Crippen molar-refractivity contribution in [1.82, 2.24) is 9.55 Å². The number of halogens is 1. The lowest BCUT2D eigenvalue weighted by atomic mass is 9.97. The molecule has 0 N–H and O–H groups in total. The normalized spacial score (nSPS) is 13.4. The third-order valence-electron chi connectivity index (χ3n) is 4.07. The van der Waals surface area contributed by atoms with E-state index in [0.29, 0.717) is 10.2 Å². The van der Waals surface area contributed by atoms with E-state index in [1.54, 1.807) is 10.6 Å². The molecule has 1 aromatic heterocycles. The van der Waals surface area contributed by atoms with Crippen molar-refractivity contribution >= 4 is 23.4 Å². The molecule has 1 aromatic carbocycles. The van der Waals surface area contributed by atoms with Crippen molar-refractivity contribution < 1.29 is 0 Å². The Balaban J connectivity index is 2.27. The Morgan fingerprint density at radius 1 is 1.39 bits per heavy atom. The average Bonchev–Trinajstić information content (AvgIpc) is 2.56. The Morgan fingerprint density at radius 2 is 2.17 bits per heavy atom. The minimum Gasteiger partial charge on any atom is -0.269 e. The van der Waals surface area contributed by atoms with Crippen molar-refractivity contribution in [2.45, 2.75) is 37.8 Å². The lowest BCUT2D eigenvalue weighted by Crippen LogP contribution is -2.29. The average molecular weight is 346 g/mol. The number of aromatic nitrogens is 2. The summed E-state index contributed by atoms with van der Waals surface area (Å²) in [6.07, 6.45) is 3.68. The lowest BCUT2D eigenvalue weighted by Gasteiger charge is -2.20. The molecule has 2 aromatic rings. The van der Waals surface area contributed by atoms with Gasteiger partial charge in [0.1, 0.15) is 0 Å². The smallest absolute Gasteiger partial charge is 0.262 e.